The largest absolute Gasteiger partial charge is 0.373 e. The Morgan fingerprint density at radius 1 is 1.13 bits per heavy atom. The molecule has 5 heteroatoms. The van der Waals surface area contributed by atoms with Gasteiger partial charge in [-0.25, -0.2) is 0 Å². The van der Waals surface area contributed by atoms with Gasteiger partial charge in [0.15, 0.2) is 0 Å². The minimum absolute atomic E-state index is 0.300. The van der Waals surface area contributed by atoms with E-state index in [4.69, 9.17) is 0 Å². The van der Waals surface area contributed by atoms with E-state index in [1.54, 1.807) is 0 Å². The van der Waals surface area contributed by atoms with Crippen LogP contribution in [0, 0.1) is 0 Å². The molecule has 1 amide bonds. The number of benzene rings is 1. The van der Waals surface area contributed by atoms with Crippen molar-refractivity contribution in [3.63, 3.8) is 0 Å². The van der Waals surface area contributed by atoms with E-state index in [9.17, 15) is 4.79 Å². The molecule has 168 valence electrons. The third kappa shape index (κ3) is 6.07. The van der Waals surface area contributed by atoms with Gasteiger partial charge in [-0.15, -0.1) is 0 Å². The van der Waals surface area contributed by atoms with Crippen molar-refractivity contribution >= 4 is 11.6 Å². The van der Waals surface area contributed by atoms with Crippen LogP contribution >= 0.6 is 0 Å². The van der Waals surface area contributed by atoms with Crippen molar-refractivity contribution in [1.82, 2.24) is 14.8 Å². The van der Waals surface area contributed by atoms with Crippen molar-refractivity contribution in [2.24, 2.45) is 0 Å². The van der Waals surface area contributed by atoms with E-state index >= 15 is 0 Å². The zero-order valence-corrected chi connectivity index (χ0v) is 19.7. The molecule has 0 bridgehead atoms. The number of carbonyl (C=O) groups is 1. The summed E-state index contributed by atoms with van der Waals surface area (Å²) in [5, 5.41) is 0. The highest BCUT2D eigenvalue weighted by atomic mass is 16.2. The van der Waals surface area contributed by atoms with Crippen LogP contribution in [0.5, 0.6) is 0 Å². The van der Waals surface area contributed by atoms with Crippen molar-refractivity contribution in [1.29, 1.82) is 0 Å². The van der Waals surface area contributed by atoms with E-state index < -0.39 is 0 Å². The molecule has 0 N–H and O–H groups in total. The van der Waals surface area contributed by atoms with Crippen LogP contribution in [0.2, 0.25) is 0 Å². The van der Waals surface area contributed by atoms with Crippen molar-refractivity contribution < 1.29 is 4.79 Å². The summed E-state index contributed by atoms with van der Waals surface area (Å²) in [6.45, 7) is 8.00. The van der Waals surface area contributed by atoms with Crippen LogP contribution in [0.3, 0.4) is 0 Å². The number of anilines is 1. The predicted octanol–water partition coefficient (Wildman–Crippen LogP) is 4.47. The molecule has 1 unspecified atom stereocenters. The first-order chi connectivity index (χ1) is 15.1. The molecule has 2 aliphatic heterocycles. The summed E-state index contributed by atoms with van der Waals surface area (Å²) in [6, 6.07) is 11.6. The number of nitrogens with zero attached hydrogens (tertiary/aromatic N) is 4. The molecular weight excluding hydrogens is 384 g/mol. The first-order valence-corrected chi connectivity index (χ1v) is 11.8. The highest BCUT2D eigenvalue weighted by Crippen LogP contribution is 2.25. The second kappa shape index (κ2) is 11.3. The van der Waals surface area contributed by atoms with E-state index in [0.717, 1.165) is 49.8 Å². The van der Waals surface area contributed by atoms with Gasteiger partial charge in [0, 0.05) is 50.9 Å². The van der Waals surface area contributed by atoms with Gasteiger partial charge in [-0.05, 0) is 56.5 Å². The summed E-state index contributed by atoms with van der Waals surface area (Å²) in [5.74, 6) is 0.300. The zero-order chi connectivity index (χ0) is 22.2. The first kappa shape index (κ1) is 23.3. The van der Waals surface area contributed by atoms with E-state index in [1.165, 1.54) is 30.5 Å². The molecule has 2 fully saturated rings. The minimum atomic E-state index is 0.300. The average molecular weight is 423 g/mol. The number of rotatable bonds is 8. The summed E-state index contributed by atoms with van der Waals surface area (Å²) in [5.41, 5.74) is 4.78. The van der Waals surface area contributed by atoms with Gasteiger partial charge in [-0.3, -0.25) is 9.78 Å². The van der Waals surface area contributed by atoms with Gasteiger partial charge in [0.25, 0.3) is 0 Å². The second-order valence-electron chi connectivity index (χ2n) is 8.50. The number of hydrogen-bond acceptors (Lipinski definition) is 4. The Kier molecular flexibility index (Phi) is 8.47. The fraction of sp³-hybridized carbons (Fsp3) is 0.538. The molecule has 1 aromatic heterocycles. The third-order valence-electron chi connectivity index (χ3n) is 6.50. The lowest BCUT2D eigenvalue weighted by molar-refractivity contribution is -0.127. The summed E-state index contributed by atoms with van der Waals surface area (Å²) in [7, 11) is 4.37. The van der Waals surface area contributed by atoms with Crippen LogP contribution in [-0.2, 0) is 11.2 Å². The van der Waals surface area contributed by atoms with Crippen LogP contribution in [0.1, 0.15) is 45.1 Å². The number of aromatic nitrogens is 1. The predicted molar refractivity (Wildman–Crippen MR) is 129 cm³/mol. The van der Waals surface area contributed by atoms with Crippen LogP contribution in [0.4, 0.5) is 5.69 Å². The smallest absolute Gasteiger partial charge is 0.222 e. The summed E-state index contributed by atoms with van der Waals surface area (Å²) >= 11 is 0. The van der Waals surface area contributed by atoms with E-state index in [0.29, 0.717) is 12.3 Å². The number of amides is 1. The highest BCUT2D eigenvalue weighted by Gasteiger charge is 2.23. The molecule has 1 aromatic carbocycles. The fourth-order valence-electron chi connectivity index (χ4n) is 4.31. The molecule has 0 saturated carbocycles. The van der Waals surface area contributed by atoms with E-state index in [1.807, 2.05) is 31.1 Å². The summed E-state index contributed by atoms with van der Waals surface area (Å²) in [4.78, 5) is 23.1. The molecule has 31 heavy (non-hydrogen) atoms. The summed E-state index contributed by atoms with van der Waals surface area (Å²) in [6.07, 6.45) is 9.03. The van der Waals surface area contributed by atoms with Crippen LogP contribution in [-0.4, -0.2) is 67.0 Å². The van der Waals surface area contributed by atoms with Gasteiger partial charge in [0.1, 0.15) is 0 Å². The standard InChI is InChI=1S/C24H32N4O.C2H6/c1-26-12-9-22(26)10-13-27(2)23-16-21(17-25-18-23)20-6-3-5-19(15-20)8-14-28-11-4-7-24(28)29;1-2/h3,5-6,15-18,22H,4,7-14H2,1-2H3;1-2H3. The number of hydrogen-bond donors (Lipinski definition) is 0. The topological polar surface area (TPSA) is 39.7 Å². The Hall–Kier alpha value is -2.40. The Morgan fingerprint density at radius 2 is 1.97 bits per heavy atom. The van der Waals surface area contributed by atoms with Gasteiger partial charge in [-0.1, -0.05) is 38.1 Å². The van der Waals surface area contributed by atoms with Gasteiger partial charge < -0.3 is 14.7 Å². The number of pyridine rings is 1. The van der Waals surface area contributed by atoms with Crippen LogP contribution in [0.15, 0.2) is 42.7 Å². The van der Waals surface area contributed by atoms with E-state index in [2.05, 4.69) is 59.2 Å². The third-order valence-corrected chi connectivity index (χ3v) is 6.50. The Bertz CT molecular complexity index is 853. The van der Waals surface area contributed by atoms with Crippen molar-refractivity contribution in [2.45, 2.75) is 52.0 Å². The number of likely N-dealkylation sites (tertiary alicyclic amines) is 2. The molecule has 2 aromatic rings. The minimum Gasteiger partial charge on any atom is -0.373 e. The van der Waals surface area contributed by atoms with Crippen molar-refractivity contribution in [2.75, 3.05) is 45.2 Å². The average Bonchev–Trinajstić information content (AvgIpc) is 3.23. The van der Waals surface area contributed by atoms with Crippen molar-refractivity contribution in [3.05, 3.63) is 48.3 Å². The lowest BCUT2D eigenvalue weighted by Gasteiger charge is -2.38. The zero-order valence-electron chi connectivity index (χ0n) is 19.7. The normalized spacial score (nSPS) is 18.4. The molecule has 0 aliphatic carbocycles. The lowest BCUT2D eigenvalue weighted by Crippen LogP contribution is -2.46. The van der Waals surface area contributed by atoms with Gasteiger partial charge in [-0.2, -0.15) is 0 Å². The molecule has 4 rings (SSSR count). The Balaban J connectivity index is 0.00000132. The maximum atomic E-state index is 11.8. The van der Waals surface area contributed by atoms with Crippen molar-refractivity contribution in [3.8, 4) is 11.1 Å². The molecule has 2 saturated heterocycles. The maximum absolute atomic E-state index is 11.8. The van der Waals surface area contributed by atoms with Gasteiger partial charge in [0.2, 0.25) is 5.91 Å². The van der Waals surface area contributed by atoms with Gasteiger partial charge >= 0.3 is 0 Å². The van der Waals surface area contributed by atoms with Gasteiger partial charge in [0.05, 0.1) is 11.9 Å². The monoisotopic (exact) mass is 422 g/mol. The summed E-state index contributed by atoms with van der Waals surface area (Å²) < 4.78 is 0. The Labute approximate surface area is 188 Å². The molecule has 1 atom stereocenters. The highest BCUT2D eigenvalue weighted by molar-refractivity contribution is 5.78. The van der Waals surface area contributed by atoms with E-state index in [-0.39, 0.29) is 0 Å². The fourth-order valence-corrected chi connectivity index (χ4v) is 4.31. The van der Waals surface area contributed by atoms with Crippen LogP contribution < -0.4 is 4.90 Å². The first-order valence-electron chi connectivity index (χ1n) is 11.8. The lowest BCUT2D eigenvalue weighted by atomic mass is 10.0. The molecule has 3 heterocycles. The number of carbonyl (C=O) groups excluding carboxylic acids is 1. The Morgan fingerprint density at radius 3 is 2.65 bits per heavy atom. The second-order valence-corrected chi connectivity index (χ2v) is 8.50. The maximum Gasteiger partial charge on any atom is 0.222 e. The molecule has 0 radical (unpaired) electrons. The SMILES string of the molecule is CC.CN(CCC1CCN1C)c1cncc(-c2cccc(CCN3CCCC3=O)c2)c1. The molecule has 2 aliphatic rings. The molecule has 0 spiro atoms. The van der Waals surface area contributed by atoms with Crippen LogP contribution in [0.25, 0.3) is 11.1 Å². The quantitative estimate of drug-likeness (QED) is 0.629. The molecular formula is C26H38N4O. The molecule has 5 nitrogen and oxygen atoms in total.